The first-order valence-electron chi connectivity index (χ1n) is 6.58. The molecule has 0 amide bonds. The largest absolute Gasteiger partial charge is 0.387 e. The molecule has 0 bridgehead atoms. The van der Waals surface area contributed by atoms with Crippen molar-refractivity contribution in [1.82, 2.24) is 10.2 Å². The third kappa shape index (κ3) is 3.96. The molecule has 1 aliphatic rings. The minimum Gasteiger partial charge on any atom is -0.387 e. The van der Waals surface area contributed by atoms with Gasteiger partial charge in [-0.3, -0.25) is 0 Å². The maximum Gasteiger partial charge on any atom is 0.159 e. The van der Waals surface area contributed by atoms with Crippen LogP contribution in [0.25, 0.3) is 0 Å². The molecular formula is C14H20F2N2O. The molecule has 2 unspecified atom stereocenters. The van der Waals surface area contributed by atoms with Crippen molar-refractivity contribution in [3.05, 3.63) is 35.4 Å². The number of likely N-dealkylation sites (tertiary alicyclic amines) is 1. The summed E-state index contributed by atoms with van der Waals surface area (Å²) in [6, 6.07) is 3.50. The van der Waals surface area contributed by atoms with Gasteiger partial charge in [-0.25, -0.2) is 8.78 Å². The number of hydrogen-bond acceptors (Lipinski definition) is 3. The fourth-order valence-corrected chi connectivity index (χ4v) is 2.45. The van der Waals surface area contributed by atoms with Gasteiger partial charge in [0.2, 0.25) is 0 Å². The summed E-state index contributed by atoms with van der Waals surface area (Å²) in [4.78, 5) is 2.28. The van der Waals surface area contributed by atoms with Crippen molar-refractivity contribution in [2.75, 3.05) is 33.2 Å². The molecule has 0 spiro atoms. The summed E-state index contributed by atoms with van der Waals surface area (Å²) in [5.41, 5.74) is 0.398. The van der Waals surface area contributed by atoms with E-state index in [-0.39, 0.29) is 0 Å². The fourth-order valence-electron chi connectivity index (χ4n) is 2.45. The Labute approximate surface area is 112 Å². The molecule has 1 saturated heterocycles. The highest BCUT2D eigenvalue weighted by atomic mass is 19.2. The summed E-state index contributed by atoms with van der Waals surface area (Å²) >= 11 is 0. The normalized spacial score (nSPS) is 21.8. The Hall–Kier alpha value is -1.04. The van der Waals surface area contributed by atoms with Gasteiger partial charge >= 0.3 is 0 Å². The van der Waals surface area contributed by atoms with Crippen LogP contribution in [0.5, 0.6) is 0 Å². The van der Waals surface area contributed by atoms with E-state index >= 15 is 0 Å². The number of halogens is 2. The first-order valence-corrected chi connectivity index (χ1v) is 6.58. The molecule has 0 aliphatic carbocycles. The molecule has 2 rings (SSSR count). The molecule has 1 fully saturated rings. The van der Waals surface area contributed by atoms with Gasteiger partial charge in [-0.2, -0.15) is 0 Å². The molecule has 1 heterocycles. The lowest BCUT2D eigenvalue weighted by Gasteiger charge is -2.15. The number of aliphatic hydroxyl groups is 1. The van der Waals surface area contributed by atoms with Crippen LogP contribution < -0.4 is 5.32 Å². The number of aliphatic hydroxyl groups excluding tert-OH is 1. The molecule has 1 aliphatic heterocycles. The first kappa shape index (κ1) is 14.4. The van der Waals surface area contributed by atoms with Crippen LogP contribution in [-0.2, 0) is 0 Å². The molecule has 19 heavy (non-hydrogen) atoms. The number of nitrogens with zero attached hydrogens (tertiary/aromatic N) is 1. The second-order valence-electron chi connectivity index (χ2n) is 5.26. The Balaban J connectivity index is 1.77. The maximum absolute atomic E-state index is 13.0. The molecule has 0 saturated carbocycles. The monoisotopic (exact) mass is 270 g/mol. The van der Waals surface area contributed by atoms with Crippen LogP contribution in [0, 0.1) is 17.6 Å². The average molecular weight is 270 g/mol. The van der Waals surface area contributed by atoms with E-state index in [0.717, 1.165) is 38.2 Å². The molecule has 1 aromatic rings. The quantitative estimate of drug-likeness (QED) is 0.852. The lowest BCUT2D eigenvalue weighted by molar-refractivity contribution is 0.172. The van der Waals surface area contributed by atoms with Gasteiger partial charge in [0.1, 0.15) is 0 Å². The van der Waals surface area contributed by atoms with Crippen molar-refractivity contribution in [2.45, 2.75) is 12.5 Å². The van der Waals surface area contributed by atoms with Gasteiger partial charge < -0.3 is 15.3 Å². The van der Waals surface area contributed by atoms with Crippen molar-refractivity contribution in [3.63, 3.8) is 0 Å². The Bertz CT molecular complexity index is 428. The third-order valence-corrected chi connectivity index (χ3v) is 3.59. The van der Waals surface area contributed by atoms with E-state index in [0.29, 0.717) is 18.0 Å². The zero-order valence-electron chi connectivity index (χ0n) is 11.1. The molecule has 3 nitrogen and oxygen atoms in total. The van der Waals surface area contributed by atoms with Crippen LogP contribution in [0.1, 0.15) is 18.1 Å². The SMILES string of the molecule is CN1CCC(CNCC(O)c2ccc(F)c(F)c2)C1. The minimum absolute atomic E-state index is 0.352. The zero-order chi connectivity index (χ0) is 13.8. The number of nitrogens with one attached hydrogen (secondary N) is 1. The highest BCUT2D eigenvalue weighted by Crippen LogP contribution is 2.16. The molecule has 1 aromatic carbocycles. The molecule has 2 atom stereocenters. The summed E-state index contributed by atoms with van der Waals surface area (Å²) in [7, 11) is 2.09. The summed E-state index contributed by atoms with van der Waals surface area (Å²) in [6.45, 7) is 3.36. The Morgan fingerprint density at radius 3 is 2.84 bits per heavy atom. The number of benzene rings is 1. The second-order valence-corrected chi connectivity index (χ2v) is 5.26. The van der Waals surface area contributed by atoms with Crippen LogP contribution in [0.15, 0.2) is 18.2 Å². The summed E-state index contributed by atoms with van der Waals surface area (Å²) in [6.07, 6.45) is 0.347. The standard InChI is InChI=1S/C14H20F2N2O/c1-18-5-4-10(9-18)7-17-8-14(19)11-2-3-12(15)13(16)6-11/h2-3,6,10,14,17,19H,4-5,7-9H2,1H3. The predicted octanol–water partition coefficient (Wildman–Crippen LogP) is 1.54. The molecule has 106 valence electrons. The van der Waals surface area contributed by atoms with Crippen LogP contribution in [0.4, 0.5) is 8.78 Å². The Kier molecular flexibility index (Phi) is 4.85. The Morgan fingerprint density at radius 1 is 1.42 bits per heavy atom. The van der Waals surface area contributed by atoms with E-state index in [1.165, 1.54) is 6.07 Å². The minimum atomic E-state index is -0.922. The number of hydrogen-bond donors (Lipinski definition) is 2. The molecule has 5 heteroatoms. The van der Waals surface area contributed by atoms with E-state index in [1.54, 1.807) is 0 Å². The highest BCUT2D eigenvalue weighted by Gasteiger charge is 2.19. The van der Waals surface area contributed by atoms with Gasteiger partial charge in [0.05, 0.1) is 6.10 Å². The van der Waals surface area contributed by atoms with E-state index in [2.05, 4.69) is 17.3 Å². The second kappa shape index (κ2) is 6.41. The summed E-state index contributed by atoms with van der Waals surface area (Å²) < 4.78 is 25.8. The van der Waals surface area contributed by atoms with Crippen LogP contribution in [0.3, 0.4) is 0 Å². The van der Waals surface area contributed by atoms with Gasteiger partial charge in [-0.05, 0) is 50.2 Å². The van der Waals surface area contributed by atoms with Crippen molar-refractivity contribution in [3.8, 4) is 0 Å². The van der Waals surface area contributed by atoms with E-state index < -0.39 is 17.7 Å². The Morgan fingerprint density at radius 2 is 2.21 bits per heavy atom. The lowest BCUT2D eigenvalue weighted by atomic mass is 10.1. The smallest absolute Gasteiger partial charge is 0.159 e. The van der Waals surface area contributed by atoms with Crippen molar-refractivity contribution in [1.29, 1.82) is 0 Å². The third-order valence-electron chi connectivity index (χ3n) is 3.59. The van der Waals surface area contributed by atoms with Crippen molar-refractivity contribution < 1.29 is 13.9 Å². The van der Waals surface area contributed by atoms with Crippen LogP contribution in [0.2, 0.25) is 0 Å². The van der Waals surface area contributed by atoms with Gasteiger partial charge in [-0.15, -0.1) is 0 Å². The molecular weight excluding hydrogens is 250 g/mol. The molecule has 0 aromatic heterocycles. The zero-order valence-corrected chi connectivity index (χ0v) is 11.1. The van der Waals surface area contributed by atoms with Gasteiger partial charge in [0.15, 0.2) is 11.6 Å². The average Bonchev–Trinajstić information content (AvgIpc) is 2.78. The first-order chi connectivity index (χ1) is 9.06. The number of rotatable bonds is 5. The van der Waals surface area contributed by atoms with Crippen LogP contribution in [-0.4, -0.2) is 43.2 Å². The van der Waals surface area contributed by atoms with Crippen molar-refractivity contribution in [2.24, 2.45) is 5.92 Å². The van der Waals surface area contributed by atoms with Gasteiger partial charge in [0, 0.05) is 13.1 Å². The summed E-state index contributed by atoms with van der Waals surface area (Å²) in [5, 5.41) is 13.1. The van der Waals surface area contributed by atoms with E-state index in [4.69, 9.17) is 0 Å². The molecule has 2 N–H and O–H groups in total. The van der Waals surface area contributed by atoms with Crippen LogP contribution >= 0.6 is 0 Å². The van der Waals surface area contributed by atoms with Crippen molar-refractivity contribution >= 4 is 0 Å². The predicted molar refractivity (Wildman–Crippen MR) is 69.8 cm³/mol. The molecule has 0 radical (unpaired) electrons. The van der Waals surface area contributed by atoms with E-state index in [9.17, 15) is 13.9 Å². The summed E-state index contributed by atoms with van der Waals surface area (Å²) in [5.74, 6) is -1.21. The maximum atomic E-state index is 13.0. The van der Waals surface area contributed by atoms with Gasteiger partial charge in [0.25, 0.3) is 0 Å². The topological polar surface area (TPSA) is 35.5 Å². The lowest BCUT2D eigenvalue weighted by Crippen LogP contribution is -2.28. The highest BCUT2D eigenvalue weighted by molar-refractivity contribution is 5.20. The van der Waals surface area contributed by atoms with Gasteiger partial charge in [-0.1, -0.05) is 6.07 Å². The fraction of sp³-hybridized carbons (Fsp3) is 0.571. The van der Waals surface area contributed by atoms with E-state index in [1.807, 2.05) is 0 Å².